The van der Waals surface area contributed by atoms with Crippen LogP contribution in [0.1, 0.15) is 0 Å². The summed E-state index contributed by atoms with van der Waals surface area (Å²) in [6.45, 7) is 0. The molecule has 0 aliphatic rings. The molecule has 0 saturated heterocycles. The van der Waals surface area contributed by atoms with Gasteiger partial charge in [-0.1, -0.05) is 0 Å². The van der Waals surface area contributed by atoms with Gasteiger partial charge in [0.15, 0.2) is 0 Å². The SMILES string of the molecule is FC(F)(F)[Si]N[Si]C(F)(F)F. The predicted molar refractivity (Wildman–Crippen MR) is 26.8 cm³/mol. The fourth-order valence-corrected chi connectivity index (χ4v) is 1.56. The van der Waals surface area contributed by atoms with E-state index >= 15 is 0 Å². The zero-order valence-electron chi connectivity index (χ0n) is 4.77. The second kappa shape index (κ2) is 3.58. The number of nitrogens with one attached hydrogen (secondary N) is 1. The van der Waals surface area contributed by atoms with Gasteiger partial charge < -0.3 is 4.65 Å². The van der Waals surface area contributed by atoms with Crippen LogP contribution >= 0.6 is 0 Å². The molecule has 0 aromatic heterocycles. The molecule has 0 aromatic carbocycles. The molecule has 0 aliphatic carbocycles. The lowest BCUT2D eigenvalue weighted by molar-refractivity contribution is -0.0517. The number of halogens is 6. The Hall–Kier alpha value is -0.0262. The molecule has 1 N–H and O–H groups in total. The summed E-state index contributed by atoms with van der Waals surface area (Å²) in [6, 6.07) is 0. The molecule has 0 rings (SSSR count). The molecule has 0 bridgehead atoms. The van der Waals surface area contributed by atoms with Crippen LogP contribution in [0.25, 0.3) is 0 Å². The average Bonchev–Trinajstić information content (AvgIpc) is 1.55. The molecule has 9 heteroatoms. The van der Waals surface area contributed by atoms with Crippen LogP contribution in [0.3, 0.4) is 0 Å². The minimum atomic E-state index is -4.56. The van der Waals surface area contributed by atoms with E-state index in [9.17, 15) is 26.3 Å². The third kappa shape index (κ3) is 9.97. The zero-order chi connectivity index (χ0) is 9.12. The summed E-state index contributed by atoms with van der Waals surface area (Å²) in [4.78, 5) is 0. The molecule has 0 fully saturated rings. The second-order valence-corrected chi connectivity index (χ2v) is 4.00. The Kier molecular flexibility index (Phi) is 3.57. The number of rotatable bonds is 2. The van der Waals surface area contributed by atoms with Gasteiger partial charge in [-0.15, -0.1) is 0 Å². The molecular formula is C2HF6NSi2. The smallest absolute Gasteiger partial charge is 0.349 e. The minimum Gasteiger partial charge on any atom is -0.349 e. The first-order valence-corrected chi connectivity index (χ1v) is 4.13. The van der Waals surface area contributed by atoms with E-state index in [0.717, 1.165) is 0 Å². The normalized spacial score (nSPS) is 13.6. The first-order chi connectivity index (χ1) is 4.71. The molecule has 0 amide bonds. The third-order valence-electron chi connectivity index (χ3n) is 0.408. The second-order valence-electron chi connectivity index (χ2n) is 1.37. The molecule has 0 aromatic rings. The Balaban J connectivity index is 3.44. The maximum Gasteiger partial charge on any atom is 0.374 e. The fourth-order valence-electron chi connectivity index (χ4n) is 0.173. The minimum absolute atomic E-state index is 1.27. The van der Waals surface area contributed by atoms with Crippen molar-refractivity contribution in [1.29, 1.82) is 0 Å². The molecule has 0 spiro atoms. The van der Waals surface area contributed by atoms with Crippen LogP contribution < -0.4 is 4.65 Å². The van der Waals surface area contributed by atoms with Gasteiger partial charge in [-0.2, -0.15) is 26.3 Å². The van der Waals surface area contributed by atoms with Gasteiger partial charge in [0, 0.05) is 0 Å². The van der Waals surface area contributed by atoms with Crippen molar-refractivity contribution in [3.05, 3.63) is 0 Å². The zero-order valence-corrected chi connectivity index (χ0v) is 6.77. The number of hydrogen-bond donors (Lipinski definition) is 1. The highest BCUT2D eigenvalue weighted by Gasteiger charge is 2.34. The van der Waals surface area contributed by atoms with Crippen molar-refractivity contribution in [2.24, 2.45) is 0 Å². The molecule has 0 atom stereocenters. The Bertz CT molecular complexity index is 103. The van der Waals surface area contributed by atoms with E-state index in [4.69, 9.17) is 0 Å². The molecular weight excluding hydrogens is 208 g/mol. The summed E-state index contributed by atoms with van der Waals surface area (Å²) in [5.41, 5.74) is 0. The molecule has 64 valence electrons. The maximum atomic E-state index is 11.2. The van der Waals surface area contributed by atoms with Crippen LogP contribution in [0.15, 0.2) is 0 Å². The Labute approximate surface area is 63.0 Å². The molecule has 0 unspecified atom stereocenters. The van der Waals surface area contributed by atoms with Gasteiger partial charge in [0.2, 0.25) is 0 Å². The largest absolute Gasteiger partial charge is 0.374 e. The molecule has 0 heterocycles. The molecule has 0 aliphatic heterocycles. The van der Waals surface area contributed by atoms with Crippen molar-refractivity contribution in [1.82, 2.24) is 4.65 Å². The van der Waals surface area contributed by atoms with Crippen LogP contribution in [-0.4, -0.2) is 31.0 Å². The van der Waals surface area contributed by atoms with E-state index in [1.807, 2.05) is 0 Å². The first kappa shape index (κ1) is 11.0. The van der Waals surface area contributed by atoms with E-state index in [1.165, 1.54) is 4.65 Å². The average molecular weight is 209 g/mol. The van der Waals surface area contributed by atoms with E-state index < -0.39 is 31.0 Å². The topological polar surface area (TPSA) is 12.0 Å². The van der Waals surface area contributed by atoms with E-state index in [0.29, 0.717) is 0 Å². The van der Waals surface area contributed by atoms with Crippen molar-refractivity contribution in [2.45, 2.75) is 11.6 Å². The summed E-state index contributed by atoms with van der Waals surface area (Å²) in [7, 11) is -3.69. The lowest BCUT2D eigenvalue weighted by Gasteiger charge is -2.06. The van der Waals surface area contributed by atoms with E-state index in [1.54, 1.807) is 0 Å². The summed E-state index contributed by atoms with van der Waals surface area (Å²) < 4.78 is 68.6. The highest BCUT2D eigenvalue weighted by Crippen LogP contribution is 2.13. The monoisotopic (exact) mass is 209 g/mol. The van der Waals surface area contributed by atoms with E-state index in [2.05, 4.69) is 0 Å². The lowest BCUT2D eigenvalue weighted by atomic mass is 11.5. The van der Waals surface area contributed by atoms with Crippen LogP contribution in [-0.2, 0) is 0 Å². The van der Waals surface area contributed by atoms with Crippen molar-refractivity contribution in [3.63, 3.8) is 0 Å². The van der Waals surface area contributed by atoms with Gasteiger partial charge >= 0.3 is 11.6 Å². The van der Waals surface area contributed by atoms with Crippen LogP contribution in [0, 0.1) is 0 Å². The van der Waals surface area contributed by atoms with Gasteiger partial charge in [0.1, 0.15) is 0 Å². The number of alkyl halides is 6. The van der Waals surface area contributed by atoms with Gasteiger partial charge in [0.05, 0.1) is 0 Å². The summed E-state index contributed by atoms with van der Waals surface area (Å²) >= 11 is 0. The summed E-state index contributed by atoms with van der Waals surface area (Å²) in [5.74, 6) is -9.11. The Morgan fingerprint density at radius 3 is 1.18 bits per heavy atom. The van der Waals surface area contributed by atoms with Gasteiger partial charge in [0.25, 0.3) is 19.4 Å². The molecule has 0 saturated carbocycles. The highest BCUT2D eigenvalue weighted by atomic mass is 28.3. The van der Waals surface area contributed by atoms with Crippen molar-refractivity contribution in [3.8, 4) is 0 Å². The quantitative estimate of drug-likeness (QED) is 0.525. The van der Waals surface area contributed by atoms with Gasteiger partial charge in [-0.05, 0) is 0 Å². The fraction of sp³-hybridized carbons (Fsp3) is 1.00. The van der Waals surface area contributed by atoms with Crippen molar-refractivity contribution in [2.75, 3.05) is 0 Å². The van der Waals surface area contributed by atoms with Crippen LogP contribution in [0.4, 0.5) is 26.3 Å². The highest BCUT2D eigenvalue weighted by molar-refractivity contribution is 6.53. The van der Waals surface area contributed by atoms with Crippen LogP contribution in [0.5, 0.6) is 0 Å². The molecule has 4 radical (unpaired) electrons. The first-order valence-electron chi connectivity index (χ1n) is 2.13. The van der Waals surface area contributed by atoms with E-state index in [-0.39, 0.29) is 0 Å². The number of hydrogen-bond acceptors (Lipinski definition) is 1. The van der Waals surface area contributed by atoms with Crippen molar-refractivity contribution >= 4 is 19.4 Å². The molecule has 1 nitrogen and oxygen atoms in total. The maximum absolute atomic E-state index is 11.2. The standard InChI is InChI=1S/C2HF6NSi2/c3-1(4,5)10-9-11-2(6,7)8/h9H. The predicted octanol–water partition coefficient (Wildman–Crippen LogP) is 0.854. The Morgan fingerprint density at radius 2 is 1.00 bits per heavy atom. The molecule has 11 heavy (non-hydrogen) atoms. The van der Waals surface area contributed by atoms with Gasteiger partial charge in [-0.3, -0.25) is 0 Å². The van der Waals surface area contributed by atoms with Gasteiger partial charge in [-0.25, -0.2) is 0 Å². The summed E-state index contributed by atoms with van der Waals surface area (Å²) in [5, 5.41) is 0. The van der Waals surface area contributed by atoms with Crippen molar-refractivity contribution < 1.29 is 26.3 Å². The Morgan fingerprint density at radius 1 is 0.727 bits per heavy atom. The lowest BCUT2D eigenvalue weighted by Crippen LogP contribution is -2.42. The van der Waals surface area contributed by atoms with Crippen LogP contribution in [0.2, 0.25) is 0 Å². The third-order valence-corrected chi connectivity index (χ3v) is 1.98. The summed E-state index contributed by atoms with van der Waals surface area (Å²) in [6.07, 6.45) is 0.